The molecule has 1 fully saturated rings. The van der Waals surface area contributed by atoms with Crippen LogP contribution in [0.3, 0.4) is 0 Å². The molecule has 2 nitrogen and oxygen atoms in total. The van der Waals surface area contributed by atoms with Gasteiger partial charge in [-0.05, 0) is 23.3 Å². The van der Waals surface area contributed by atoms with Crippen LogP contribution in [0.2, 0.25) is 0 Å². The predicted molar refractivity (Wildman–Crippen MR) is 61.0 cm³/mol. The molecule has 0 aliphatic carbocycles. The summed E-state index contributed by atoms with van der Waals surface area (Å²) in [5.41, 5.74) is 2.59. The van der Waals surface area contributed by atoms with Gasteiger partial charge >= 0.3 is 0 Å². The topological polar surface area (TPSA) is 18.5 Å². The van der Waals surface area contributed by atoms with Gasteiger partial charge in [-0.25, -0.2) is 0 Å². The van der Waals surface area contributed by atoms with Gasteiger partial charge in [-0.15, -0.1) is 0 Å². The van der Waals surface area contributed by atoms with E-state index in [0.29, 0.717) is 5.92 Å². The molecule has 15 heavy (non-hydrogen) atoms. The molecule has 1 heterocycles. The van der Waals surface area contributed by atoms with Crippen molar-refractivity contribution in [2.75, 3.05) is 20.3 Å². The number of methoxy groups -OCH3 is 1. The minimum Gasteiger partial charge on any atom is -0.497 e. The van der Waals surface area contributed by atoms with Crippen molar-refractivity contribution in [3.05, 3.63) is 35.4 Å². The quantitative estimate of drug-likeness (QED) is 0.737. The SMILES string of the molecule is COc1ccc(/C=C2\COC[C@H]2C)cc1. The highest BCUT2D eigenvalue weighted by molar-refractivity contribution is 5.55. The zero-order valence-corrected chi connectivity index (χ0v) is 9.19. The lowest BCUT2D eigenvalue weighted by Crippen LogP contribution is -1.94. The first-order valence-electron chi connectivity index (χ1n) is 5.22. The summed E-state index contributed by atoms with van der Waals surface area (Å²) in [7, 11) is 1.68. The van der Waals surface area contributed by atoms with Gasteiger partial charge < -0.3 is 9.47 Å². The lowest BCUT2D eigenvalue weighted by atomic mass is 10.0. The van der Waals surface area contributed by atoms with Crippen molar-refractivity contribution in [1.82, 2.24) is 0 Å². The lowest BCUT2D eigenvalue weighted by Gasteiger charge is -2.03. The molecular weight excluding hydrogens is 188 g/mol. The highest BCUT2D eigenvalue weighted by atomic mass is 16.5. The fourth-order valence-corrected chi connectivity index (χ4v) is 1.70. The molecule has 0 amide bonds. The Hall–Kier alpha value is -1.28. The Kier molecular flexibility index (Phi) is 3.07. The van der Waals surface area contributed by atoms with E-state index in [1.165, 1.54) is 11.1 Å². The van der Waals surface area contributed by atoms with Crippen LogP contribution in [-0.2, 0) is 4.74 Å². The van der Waals surface area contributed by atoms with Gasteiger partial charge in [-0.1, -0.05) is 25.1 Å². The zero-order chi connectivity index (χ0) is 10.7. The molecule has 2 rings (SSSR count). The first-order valence-corrected chi connectivity index (χ1v) is 5.22. The van der Waals surface area contributed by atoms with Crippen LogP contribution in [0.1, 0.15) is 12.5 Å². The van der Waals surface area contributed by atoms with Gasteiger partial charge in [-0.3, -0.25) is 0 Å². The van der Waals surface area contributed by atoms with Crippen LogP contribution in [-0.4, -0.2) is 20.3 Å². The number of ether oxygens (including phenoxy) is 2. The number of hydrogen-bond acceptors (Lipinski definition) is 2. The highest BCUT2D eigenvalue weighted by Gasteiger charge is 2.16. The third-order valence-corrected chi connectivity index (χ3v) is 2.74. The van der Waals surface area contributed by atoms with Crippen LogP contribution < -0.4 is 4.74 Å². The lowest BCUT2D eigenvalue weighted by molar-refractivity contribution is 0.191. The van der Waals surface area contributed by atoms with Gasteiger partial charge in [0.2, 0.25) is 0 Å². The van der Waals surface area contributed by atoms with Crippen molar-refractivity contribution in [3.8, 4) is 5.75 Å². The van der Waals surface area contributed by atoms with E-state index in [0.717, 1.165) is 19.0 Å². The Labute approximate surface area is 90.5 Å². The third kappa shape index (κ3) is 2.39. The maximum absolute atomic E-state index is 5.39. The second-order valence-electron chi connectivity index (χ2n) is 3.91. The normalized spacial score (nSPS) is 23.3. The molecule has 80 valence electrons. The molecule has 1 atom stereocenters. The molecule has 1 saturated heterocycles. The molecule has 1 aliphatic heterocycles. The molecule has 0 radical (unpaired) electrons. The largest absolute Gasteiger partial charge is 0.497 e. The van der Waals surface area contributed by atoms with Gasteiger partial charge in [0.25, 0.3) is 0 Å². The summed E-state index contributed by atoms with van der Waals surface area (Å²) in [4.78, 5) is 0. The van der Waals surface area contributed by atoms with E-state index >= 15 is 0 Å². The third-order valence-electron chi connectivity index (χ3n) is 2.74. The first-order chi connectivity index (χ1) is 7.29. The smallest absolute Gasteiger partial charge is 0.118 e. The Morgan fingerprint density at radius 3 is 2.60 bits per heavy atom. The van der Waals surface area contributed by atoms with Gasteiger partial charge in [0.1, 0.15) is 5.75 Å². The fourth-order valence-electron chi connectivity index (χ4n) is 1.70. The minimum absolute atomic E-state index is 0.548. The molecule has 1 aliphatic rings. The van der Waals surface area contributed by atoms with E-state index in [-0.39, 0.29) is 0 Å². The van der Waals surface area contributed by atoms with Crippen LogP contribution in [0.5, 0.6) is 5.75 Å². The molecule has 0 aromatic heterocycles. The van der Waals surface area contributed by atoms with Crippen molar-refractivity contribution in [1.29, 1.82) is 0 Å². The summed E-state index contributed by atoms with van der Waals surface area (Å²) in [6.45, 7) is 3.82. The second kappa shape index (κ2) is 4.49. The summed E-state index contributed by atoms with van der Waals surface area (Å²) in [5, 5.41) is 0. The number of benzene rings is 1. The van der Waals surface area contributed by atoms with Gasteiger partial charge in [-0.2, -0.15) is 0 Å². The van der Waals surface area contributed by atoms with Crippen molar-refractivity contribution in [2.45, 2.75) is 6.92 Å². The monoisotopic (exact) mass is 204 g/mol. The zero-order valence-electron chi connectivity index (χ0n) is 9.19. The second-order valence-corrected chi connectivity index (χ2v) is 3.91. The van der Waals surface area contributed by atoms with Gasteiger partial charge in [0, 0.05) is 5.92 Å². The molecule has 0 saturated carbocycles. The molecule has 1 aromatic rings. The molecule has 0 unspecified atom stereocenters. The maximum Gasteiger partial charge on any atom is 0.118 e. The number of rotatable bonds is 2. The fraction of sp³-hybridized carbons (Fsp3) is 0.385. The minimum atomic E-state index is 0.548. The summed E-state index contributed by atoms with van der Waals surface area (Å²) in [6.07, 6.45) is 2.21. The van der Waals surface area contributed by atoms with Crippen LogP contribution in [0, 0.1) is 5.92 Å². The summed E-state index contributed by atoms with van der Waals surface area (Å²) < 4.78 is 10.5. The average Bonchev–Trinajstić information content (AvgIpc) is 2.66. The molecular formula is C13H16O2. The van der Waals surface area contributed by atoms with Crippen molar-refractivity contribution < 1.29 is 9.47 Å². The van der Waals surface area contributed by atoms with E-state index in [1.807, 2.05) is 12.1 Å². The van der Waals surface area contributed by atoms with E-state index in [2.05, 4.69) is 25.1 Å². The molecule has 2 heteroatoms. The molecule has 0 spiro atoms. The van der Waals surface area contributed by atoms with Crippen LogP contribution in [0.15, 0.2) is 29.8 Å². The molecule has 0 bridgehead atoms. The number of hydrogen-bond donors (Lipinski definition) is 0. The summed E-state index contributed by atoms with van der Waals surface area (Å²) in [5.74, 6) is 1.44. The Balaban J connectivity index is 2.16. The standard InChI is InChI=1S/C13H16O2/c1-10-8-15-9-12(10)7-11-3-5-13(14-2)6-4-11/h3-7,10H,8-9H2,1-2H3/b12-7+/t10-/m1/s1. The van der Waals surface area contributed by atoms with E-state index in [9.17, 15) is 0 Å². The Morgan fingerprint density at radius 2 is 2.07 bits per heavy atom. The Morgan fingerprint density at radius 1 is 1.33 bits per heavy atom. The maximum atomic E-state index is 5.39. The van der Waals surface area contributed by atoms with Crippen LogP contribution in [0.25, 0.3) is 6.08 Å². The van der Waals surface area contributed by atoms with Crippen molar-refractivity contribution >= 4 is 6.08 Å². The van der Waals surface area contributed by atoms with Crippen LogP contribution in [0.4, 0.5) is 0 Å². The molecule has 0 N–H and O–H groups in total. The van der Waals surface area contributed by atoms with E-state index in [1.54, 1.807) is 7.11 Å². The molecule has 1 aromatic carbocycles. The summed E-state index contributed by atoms with van der Waals surface area (Å²) in [6, 6.07) is 8.09. The van der Waals surface area contributed by atoms with Crippen LogP contribution >= 0.6 is 0 Å². The average molecular weight is 204 g/mol. The van der Waals surface area contributed by atoms with E-state index < -0.39 is 0 Å². The highest BCUT2D eigenvalue weighted by Crippen LogP contribution is 2.22. The van der Waals surface area contributed by atoms with E-state index in [4.69, 9.17) is 9.47 Å². The van der Waals surface area contributed by atoms with Crippen molar-refractivity contribution in [3.63, 3.8) is 0 Å². The van der Waals surface area contributed by atoms with Crippen molar-refractivity contribution in [2.24, 2.45) is 5.92 Å². The predicted octanol–water partition coefficient (Wildman–Crippen LogP) is 2.74. The van der Waals surface area contributed by atoms with Gasteiger partial charge in [0.15, 0.2) is 0 Å². The van der Waals surface area contributed by atoms with Gasteiger partial charge in [0.05, 0.1) is 20.3 Å². The Bertz CT molecular complexity index is 351. The summed E-state index contributed by atoms with van der Waals surface area (Å²) >= 11 is 0. The first kappa shape index (κ1) is 10.2.